The first kappa shape index (κ1) is 23.2. The maximum absolute atomic E-state index is 16.2. The molecule has 3 aliphatic carbocycles. The Morgan fingerprint density at radius 2 is 1.83 bits per heavy atom. The van der Waals surface area contributed by atoms with Gasteiger partial charge in [-0.1, -0.05) is 12.1 Å². The summed E-state index contributed by atoms with van der Waals surface area (Å²) in [5.41, 5.74) is -4.87. The molecule has 0 amide bonds. The van der Waals surface area contributed by atoms with Gasteiger partial charge in [0.05, 0.1) is 19.0 Å². The second kappa shape index (κ2) is 8.02. The number of ether oxygens (including phenoxy) is 1. The molecule has 2 bridgehead atoms. The number of rotatable bonds is 9. The second-order valence-electron chi connectivity index (χ2n) is 9.44. The molecular weight excluding hydrogens is 466 g/mol. The summed E-state index contributed by atoms with van der Waals surface area (Å²) in [7, 11) is 0. The van der Waals surface area contributed by atoms with Crippen molar-refractivity contribution in [3.05, 3.63) is 71.6 Å². The van der Waals surface area contributed by atoms with Gasteiger partial charge in [0.15, 0.2) is 5.60 Å². The van der Waals surface area contributed by atoms with Crippen LogP contribution in [0, 0.1) is 28.4 Å². The molecule has 3 aromatic rings. The van der Waals surface area contributed by atoms with Crippen LogP contribution in [-0.2, 0) is 17.6 Å². The fourth-order valence-corrected chi connectivity index (χ4v) is 5.65. The lowest BCUT2D eigenvalue weighted by Gasteiger charge is -2.74. The number of benzene rings is 2. The van der Waals surface area contributed by atoms with Crippen LogP contribution < -0.4 is 4.74 Å². The molecule has 1 heterocycles. The molecular formula is C24H21F4N5O2. The van der Waals surface area contributed by atoms with Gasteiger partial charge in [0.25, 0.3) is 5.92 Å². The molecule has 7 nitrogen and oxygen atoms in total. The summed E-state index contributed by atoms with van der Waals surface area (Å²) in [6.07, 6.45) is 1.60. The van der Waals surface area contributed by atoms with Gasteiger partial charge in [0.1, 0.15) is 30.3 Å². The van der Waals surface area contributed by atoms with Crippen molar-refractivity contribution in [3.8, 4) is 11.8 Å². The number of aliphatic hydroxyl groups is 1. The van der Waals surface area contributed by atoms with Crippen LogP contribution in [0.3, 0.4) is 0 Å². The van der Waals surface area contributed by atoms with E-state index >= 15 is 8.78 Å². The van der Waals surface area contributed by atoms with Crippen LogP contribution in [-0.4, -0.2) is 37.8 Å². The molecule has 0 radical (unpaired) electrons. The highest BCUT2D eigenvalue weighted by Crippen LogP contribution is 2.80. The lowest BCUT2D eigenvalue weighted by atomic mass is 9.30. The lowest BCUT2D eigenvalue weighted by Crippen LogP contribution is -2.76. The van der Waals surface area contributed by atoms with E-state index in [9.17, 15) is 13.9 Å². The van der Waals surface area contributed by atoms with Gasteiger partial charge in [0, 0.05) is 17.0 Å². The molecule has 182 valence electrons. The van der Waals surface area contributed by atoms with Crippen LogP contribution in [0.4, 0.5) is 17.6 Å². The molecule has 1 atom stereocenters. The van der Waals surface area contributed by atoms with Crippen molar-refractivity contribution >= 4 is 0 Å². The fraction of sp³-hybridized carbons (Fsp3) is 0.417. The molecule has 11 heteroatoms. The van der Waals surface area contributed by atoms with Crippen molar-refractivity contribution in [2.24, 2.45) is 5.41 Å². The SMILES string of the molecule is N#CCCOc1ccc(C23CC(C(F)(F)[C@](O)(Cn4cnnn4)c4ccc(F)cc4F)(C2)C3)cc1. The number of tetrazole rings is 1. The number of nitriles is 1. The third-order valence-corrected chi connectivity index (χ3v) is 7.32. The molecule has 1 N–H and O–H groups in total. The predicted octanol–water partition coefficient (Wildman–Crippen LogP) is 3.89. The molecule has 0 aliphatic heterocycles. The Balaban J connectivity index is 1.41. The monoisotopic (exact) mass is 487 g/mol. The third-order valence-electron chi connectivity index (χ3n) is 7.32. The molecule has 0 saturated heterocycles. The highest BCUT2D eigenvalue weighted by molar-refractivity contribution is 5.44. The standard InChI is InChI=1S/C24H21F4N5O2/c25-17-4-7-19(20(26)10-17)23(34,14-33-15-30-31-32-33)24(27,28)22-11-21(12-22,13-22)16-2-5-18(6-3-16)35-9-1-8-29/h2-7,10,15,34H,1,9,11-14H2/t21?,22?,23-/m0/s1. The molecule has 0 unspecified atom stereocenters. The Morgan fingerprint density at radius 1 is 1.11 bits per heavy atom. The minimum absolute atomic E-state index is 0.0996. The van der Waals surface area contributed by atoms with E-state index in [1.807, 2.05) is 18.2 Å². The number of nitrogens with zero attached hydrogens (tertiary/aromatic N) is 5. The van der Waals surface area contributed by atoms with Gasteiger partial charge < -0.3 is 9.84 Å². The minimum atomic E-state index is -3.77. The van der Waals surface area contributed by atoms with E-state index in [0.717, 1.165) is 28.7 Å². The molecule has 3 aliphatic rings. The first-order valence-electron chi connectivity index (χ1n) is 11.0. The first-order valence-corrected chi connectivity index (χ1v) is 11.0. The van der Waals surface area contributed by atoms with Crippen molar-refractivity contribution in [1.82, 2.24) is 20.2 Å². The van der Waals surface area contributed by atoms with E-state index in [0.29, 0.717) is 11.8 Å². The fourth-order valence-electron chi connectivity index (χ4n) is 5.65. The van der Waals surface area contributed by atoms with Crippen LogP contribution in [0.15, 0.2) is 48.8 Å². The summed E-state index contributed by atoms with van der Waals surface area (Å²) in [5, 5.41) is 30.4. The van der Waals surface area contributed by atoms with Gasteiger partial charge in [-0.05, 0) is 64.9 Å². The summed E-state index contributed by atoms with van der Waals surface area (Å²) in [5.74, 6) is -5.40. The maximum atomic E-state index is 16.2. The Labute approximate surface area is 197 Å². The number of aromatic nitrogens is 4. The van der Waals surface area contributed by atoms with Gasteiger partial charge in [0.2, 0.25) is 0 Å². The number of hydrogen-bond donors (Lipinski definition) is 1. The topological polar surface area (TPSA) is 96.8 Å². The zero-order chi connectivity index (χ0) is 24.9. The Hall–Kier alpha value is -3.52. The van der Waals surface area contributed by atoms with Crippen molar-refractivity contribution in [2.75, 3.05) is 6.61 Å². The molecule has 3 fully saturated rings. The molecule has 0 spiro atoms. The van der Waals surface area contributed by atoms with Crippen molar-refractivity contribution < 1.29 is 27.4 Å². The summed E-state index contributed by atoms with van der Waals surface area (Å²) in [4.78, 5) is 0. The van der Waals surface area contributed by atoms with E-state index in [-0.39, 0.29) is 32.3 Å². The van der Waals surface area contributed by atoms with Crippen molar-refractivity contribution in [1.29, 1.82) is 5.26 Å². The molecule has 3 saturated carbocycles. The van der Waals surface area contributed by atoms with E-state index in [1.54, 1.807) is 12.1 Å². The van der Waals surface area contributed by atoms with E-state index in [1.165, 1.54) is 0 Å². The normalized spacial score (nSPS) is 24.6. The van der Waals surface area contributed by atoms with Gasteiger partial charge >= 0.3 is 0 Å². The van der Waals surface area contributed by atoms with Crippen molar-refractivity contribution in [2.45, 2.75) is 49.2 Å². The average Bonchev–Trinajstić information content (AvgIpc) is 3.25. The van der Waals surface area contributed by atoms with E-state index in [4.69, 9.17) is 10.00 Å². The average molecular weight is 487 g/mol. The number of halogens is 4. The molecule has 2 aromatic carbocycles. The van der Waals surface area contributed by atoms with E-state index < -0.39 is 46.1 Å². The Morgan fingerprint density at radius 3 is 2.43 bits per heavy atom. The van der Waals surface area contributed by atoms with Gasteiger partial charge in [-0.25, -0.2) is 22.2 Å². The summed E-state index contributed by atoms with van der Waals surface area (Å²) in [6.45, 7) is -0.546. The van der Waals surface area contributed by atoms with Crippen LogP contribution in [0.1, 0.15) is 36.8 Å². The molecule has 6 rings (SSSR count). The number of alkyl halides is 2. The van der Waals surface area contributed by atoms with Gasteiger partial charge in [-0.2, -0.15) is 5.26 Å². The zero-order valence-corrected chi connectivity index (χ0v) is 18.5. The van der Waals surface area contributed by atoms with E-state index in [2.05, 4.69) is 15.5 Å². The number of hydrogen-bond acceptors (Lipinski definition) is 6. The Kier molecular flexibility index (Phi) is 5.32. The largest absolute Gasteiger partial charge is 0.493 e. The molecule has 1 aromatic heterocycles. The van der Waals surface area contributed by atoms with Crippen LogP contribution in [0.25, 0.3) is 0 Å². The maximum Gasteiger partial charge on any atom is 0.287 e. The van der Waals surface area contributed by atoms with Gasteiger partial charge in [-0.3, -0.25) is 0 Å². The van der Waals surface area contributed by atoms with Crippen LogP contribution >= 0.6 is 0 Å². The minimum Gasteiger partial charge on any atom is -0.493 e. The first-order chi connectivity index (χ1) is 16.6. The molecule has 35 heavy (non-hydrogen) atoms. The summed E-state index contributed by atoms with van der Waals surface area (Å²) in [6, 6.07) is 11.2. The predicted molar refractivity (Wildman–Crippen MR) is 113 cm³/mol. The van der Waals surface area contributed by atoms with Crippen LogP contribution in [0.5, 0.6) is 5.75 Å². The zero-order valence-electron chi connectivity index (χ0n) is 18.5. The second-order valence-corrected chi connectivity index (χ2v) is 9.44. The lowest BCUT2D eigenvalue weighted by molar-refractivity contribution is -0.347. The highest BCUT2D eigenvalue weighted by Gasteiger charge is 2.82. The third kappa shape index (κ3) is 3.46. The van der Waals surface area contributed by atoms with Crippen molar-refractivity contribution in [3.63, 3.8) is 0 Å². The summed E-state index contributed by atoms with van der Waals surface area (Å²) < 4.78 is 66.9. The van der Waals surface area contributed by atoms with Gasteiger partial charge in [-0.15, -0.1) is 5.10 Å². The quantitative estimate of drug-likeness (QED) is 0.363. The Bertz CT molecular complexity index is 1260. The smallest absolute Gasteiger partial charge is 0.287 e. The highest BCUT2D eigenvalue weighted by atomic mass is 19.3. The van der Waals surface area contributed by atoms with Crippen LogP contribution in [0.2, 0.25) is 0 Å². The summed E-state index contributed by atoms with van der Waals surface area (Å²) >= 11 is 0.